The van der Waals surface area contributed by atoms with E-state index in [4.69, 9.17) is 0 Å². The van der Waals surface area contributed by atoms with Crippen LogP contribution in [0.3, 0.4) is 0 Å². The number of anilines is 1. The molecule has 1 aromatic rings. The van der Waals surface area contributed by atoms with Crippen LogP contribution in [-0.2, 0) is 5.41 Å². The Morgan fingerprint density at radius 3 is 2.68 bits per heavy atom. The molecule has 2 atom stereocenters. The highest BCUT2D eigenvalue weighted by atomic mass is 16.3. The van der Waals surface area contributed by atoms with Gasteiger partial charge in [-0.25, -0.2) is 4.79 Å². The normalized spacial score (nSPS) is 22.5. The summed E-state index contributed by atoms with van der Waals surface area (Å²) in [6.45, 7) is 9.24. The van der Waals surface area contributed by atoms with Gasteiger partial charge >= 0.3 is 6.03 Å². The second-order valence-electron chi connectivity index (χ2n) is 7.29. The van der Waals surface area contributed by atoms with Crippen molar-refractivity contribution in [3.8, 4) is 0 Å². The Hall–Kier alpha value is -1.55. The van der Waals surface area contributed by atoms with E-state index in [9.17, 15) is 9.90 Å². The first-order valence-corrected chi connectivity index (χ1v) is 8.12. The lowest BCUT2D eigenvalue weighted by molar-refractivity contribution is 0.0811. The number of aliphatic hydroxyl groups excluding tert-OH is 1. The summed E-state index contributed by atoms with van der Waals surface area (Å²) in [7, 11) is 0. The van der Waals surface area contributed by atoms with Crippen LogP contribution in [0.1, 0.15) is 46.1 Å². The summed E-state index contributed by atoms with van der Waals surface area (Å²) in [5.74, 6) is 0.336. The zero-order valence-electron chi connectivity index (χ0n) is 14.1. The molecule has 1 aliphatic rings. The van der Waals surface area contributed by atoms with Crippen LogP contribution in [0.15, 0.2) is 24.3 Å². The lowest BCUT2D eigenvalue weighted by atomic mass is 9.86. The van der Waals surface area contributed by atoms with Gasteiger partial charge in [0.25, 0.3) is 0 Å². The second kappa shape index (κ2) is 6.69. The smallest absolute Gasteiger partial charge is 0.322 e. The fourth-order valence-corrected chi connectivity index (χ4v) is 3.21. The number of piperidine rings is 1. The third-order valence-electron chi connectivity index (χ3n) is 4.54. The Bertz CT molecular complexity index is 522. The summed E-state index contributed by atoms with van der Waals surface area (Å²) in [6.07, 6.45) is 2.06. The number of nitrogens with one attached hydrogen (secondary N) is 1. The quantitative estimate of drug-likeness (QED) is 0.877. The fourth-order valence-electron chi connectivity index (χ4n) is 3.21. The minimum absolute atomic E-state index is 0.0233. The number of amides is 2. The van der Waals surface area contributed by atoms with Crippen molar-refractivity contribution in [1.82, 2.24) is 4.90 Å². The molecule has 4 heteroatoms. The Morgan fingerprint density at radius 2 is 2.05 bits per heavy atom. The Morgan fingerprint density at radius 1 is 1.36 bits per heavy atom. The van der Waals surface area contributed by atoms with Crippen LogP contribution in [0.25, 0.3) is 0 Å². The van der Waals surface area contributed by atoms with Crippen molar-refractivity contribution >= 4 is 11.7 Å². The molecule has 1 fully saturated rings. The predicted molar refractivity (Wildman–Crippen MR) is 90.1 cm³/mol. The van der Waals surface area contributed by atoms with E-state index in [0.29, 0.717) is 12.5 Å². The van der Waals surface area contributed by atoms with Crippen molar-refractivity contribution < 1.29 is 9.90 Å². The second-order valence-corrected chi connectivity index (χ2v) is 7.29. The van der Waals surface area contributed by atoms with E-state index in [1.807, 2.05) is 18.2 Å². The zero-order chi connectivity index (χ0) is 16.3. The molecular formula is C18H28N2O2. The molecule has 0 saturated carbocycles. The first-order valence-electron chi connectivity index (χ1n) is 8.12. The van der Waals surface area contributed by atoms with Gasteiger partial charge in [-0.1, -0.05) is 45.9 Å². The van der Waals surface area contributed by atoms with Gasteiger partial charge < -0.3 is 15.3 Å². The van der Waals surface area contributed by atoms with Crippen LogP contribution >= 0.6 is 0 Å². The number of carbonyl (C=O) groups excluding carboxylic acids is 1. The molecule has 1 heterocycles. The number of carbonyl (C=O) groups is 1. The van der Waals surface area contributed by atoms with E-state index in [1.165, 1.54) is 0 Å². The van der Waals surface area contributed by atoms with Crippen LogP contribution in [0.5, 0.6) is 0 Å². The van der Waals surface area contributed by atoms with Crippen molar-refractivity contribution in [3.05, 3.63) is 29.8 Å². The van der Waals surface area contributed by atoms with Gasteiger partial charge in [-0.15, -0.1) is 0 Å². The van der Waals surface area contributed by atoms with Crippen LogP contribution in [0.4, 0.5) is 10.5 Å². The average Bonchev–Trinajstić information content (AvgIpc) is 2.46. The maximum absolute atomic E-state index is 12.7. The number of urea groups is 1. The van der Waals surface area contributed by atoms with E-state index < -0.39 is 0 Å². The molecule has 2 N–H and O–H groups in total. The third-order valence-corrected chi connectivity index (χ3v) is 4.54. The average molecular weight is 304 g/mol. The van der Waals surface area contributed by atoms with Crippen LogP contribution in [-0.4, -0.2) is 35.2 Å². The molecule has 122 valence electrons. The number of nitrogens with zero attached hydrogens (tertiary/aromatic N) is 1. The Kier molecular flexibility index (Phi) is 5.12. The van der Waals surface area contributed by atoms with Gasteiger partial charge in [0.2, 0.25) is 0 Å². The number of para-hydroxylation sites is 1. The summed E-state index contributed by atoms with van der Waals surface area (Å²) in [6, 6.07) is 7.73. The standard InChI is InChI=1S/C18H28N2O2/c1-13-8-7-11-20(16(13)12-21)17(22)19-15-10-6-5-9-14(15)18(2,3)4/h5-6,9-10,13,16,21H,7-8,11-12H2,1-4H3,(H,19,22). The molecule has 2 amide bonds. The van der Waals surface area contributed by atoms with Gasteiger partial charge in [-0.2, -0.15) is 0 Å². The van der Waals surface area contributed by atoms with Gasteiger partial charge in [-0.3, -0.25) is 0 Å². The van der Waals surface area contributed by atoms with Crippen LogP contribution in [0, 0.1) is 5.92 Å². The molecule has 22 heavy (non-hydrogen) atoms. The minimum Gasteiger partial charge on any atom is -0.394 e. The van der Waals surface area contributed by atoms with Crippen molar-refractivity contribution in [3.63, 3.8) is 0 Å². The van der Waals surface area contributed by atoms with Crippen molar-refractivity contribution in [2.45, 2.75) is 52.0 Å². The first kappa shape index (κ1) is 16.8. The number of hydrogen-bond donors (Lipinski definition) is 2. The molecule has 1 saturated heterocycles. The first-order chi connectivity index (χ1) is 10.3. The topological polar surface area (TPSA) is 52.6 Å². The van der Waals surface area contributed by atoms with E-state index in [0.717, 1.165) is 24.1 Å². The highest BCUT2D eigenvalue weighted by Crippen LogP contribution is 2.30. The molecule has 2 unspecified atom stereocenters. The molecule has 1 aromatic carbocycles. The van der Waals surface area contributed by atoms with Gasteiger partial charge in [-0.05, 0) is 35.8 Å². The largest absolute Gasteiger partial charge is 0.394 e. The molecule has 2 rings (SSSR count). The van der Waals surface area contributed by atoms with E-state index in [1.54, 1.807) is 4.90 Å². The van der Waals surface area contributed by atoms with Crippen molar-refractivity contribution in [2.75, 3.05) is 18.5 Å². The maximum atomic E-state index is 12.7. The van der Waals surface area contributed by atoms with Crippen molar-refractivity contribution in [2.24, 2.45) is 5.92 Å². The summed E-state index contributed by atoms with van der Waals surface area (Å²) < 4.78 is 0. The highest BCUT2D eigenvalue weighted by Gasteiger charge is 2.31. The summed E-state index contributed by atoms with van der Waals surface area (Å²) in [5.41, 5.74) is 1.94. The molecule has 0 bridgehead atoms. The Balaban J connectivity index is 2.19. The van der Waals surface area contributed by atoms with E-state index in [2.05, 4.69) is 39.1 Å². The highest BCUT2D eigenvalue weighted by molar-refractivity contribution is 5.90. The van der Waals surface area contributed by atoms with E-state index in [-0.39, 0.29) is 24.1 Å². The van der Waals surface area contributed by atoms with Crippen molar-refractivity contribution in [1.29, 1.82) is 0 Å². The van der Waals surface area contributed by atoms with Gasteiger partial charge in [0.1, 0.15) is 0 Å². The predicted octanol–water partition coefficient (Wildman–Crippen LogP) is 3.61. The van der Waals surface area contributed by atoms with Gasteiger partial charge in [0.15, 0.2) is 0 Å². The minimum atomic E-state index is -0.109. The molecule has 0 aromatic heterocycles. The number of benzene rings is 1. The monoisotopic (exact) mass is 304 g/mol. The lowest BCUT2D eigenvalue weighted by Gasteiger charge is -2.39. The van der Waals surface area contributed by atoms with E-state index >= 15 is 0 Å². The SMILES string of the molecule is CC1CCCN(C(=O)Nc2ccccc2C(C)(C)C)C1CO. The molecule has 4 nitrogen and oxygen atoms in total. The number of rotatable bonds is 2. The molecule has 1 aliphatic heterocycles. The fraction of sp³-hybridized carbons (Fsp3) is 0.611. The molecule has 0 spiro atoms. The number of hydrogen-bond acceptors (Lipinski definition) is 2. The molecule has 0 aliphatic carbocycles. The summed E-state index contributed by atoms with van der Waals surface area (Å²) >= 11 is 0. The summed E-state index contributed by atoms with van der Waals surface area (Å²) in [4.78, 5) is 14.5. The lowest BCUT2D eigenvalue weighted by Crippen LogP contribution is -2.51. The maximum Gasteiger partial charge on any atom is 0.322 e. The third kappa shape index (κ3) is 3.61. The zero-order valence-corrected chi connectivity index (χ0v) is 14.1. The molecular weight excluding hydrogens is 276 g/mol. The number of likely N-dealkylation sites (tertiary alicyclic amines) is 1. The van der Waals surface area contributed by atoms with Crippen LogP contribution in [0.2, 0.25) is 0 Å². The molecule has 0 radical (unpaired) electrons. The van der Waals surface area contributed by atoms with Crippen LogP contribution < -0.4 is 5.32 Å². The number of aliphatic hydroxyl groups is 1. The summed E-state index contributed by atoms with van der Waals surface area (Å²) in [5, 5.41) is 12.7. The Labute approximate surface area is 133 Å². The van der Waals surface area contributed by atoms with Gasteiger partial charge in [0, 0.05) is 12.2 Å². The van der Waals surface area contributed by atoms with Gasteiger partial charge in [0.05, 0.1) is 12.6 Å².